The fourth-order valence-electron chi connectivity index (χ4n) is 3.84. The van der Waals surface area contributed by atoms with Crippen LogP contribution in [0.15, 0.2) is 0 Å². The van der Waals surface area contributed by atoms with Gasteiger partial charge in [0.15, 0.2) is 11.6 Å². The minimum atomic E-state index is 0.317. The lowest BCUT2D eigenvalue weighted by Crippen LogP contribution is -2.31. The zero-order valence-corrected chi connectivity index (χ0v) is 13.6. The standard InChI is InChI=1S/C15H22ClN5O/c1-17-10-4-7-20(9-10)13-12-14(19-15(16)18-13)21-6-2-3-11(21)5-8-22-12/h10-11,17H,2-9H2,1H3/t10-,11+/m1/s1. The summed E-state index contributed by atoms with van der Waals surface area (Å²) >= 11 is 6.23. The van der Waals surface area contributed by atoms with E-state index in [0.29, 0.717) is 17.4 Å². The van der Waals surface area contributed by atoms with E-state index in [2.05, 4.69) is 25.1 Å². The van der Waals surface area contributed by atoms with Gasteiger partial charge in [0.05, 0.1) is 6.61 Å². The lowest BCUT2D eigenvalue weighted by molar-refractivity contribution is 0.309. The molecule has 2 atom stereocenters. The number of anilines is 2. The quantitative estimate of drug-likeness (QED) is 0.836. The van der Waals surface area contributed by atoms with Crippen molar-refractivity contribution < 1.29 is 4.74 Å². The van der Waals surface area contributed by atoms with Crippen molar-refractivity contribution in [2.45, 2.75) is 37.8 Å². The molecular weight excluding hydrogens is 302 g/mol. The number of likely N-dealkylation sites (N-methyl/N-ethyl adjacent to an activating group) is 1. The van der Waals surface area contributed by atoms with Crippen molar-refractivity contribution in [1.82, 2.24) is 15.3 Å². The zero-order valence-electron chi connectivity index (χ0n) is 12.9. The summed E-state index contributed by atoms with van der Waals surface area (Å²) in [7, 11) is 2.01. The van der Waals surface area contributed by atoms with Gasteiger partial charge >= 0.3 is 0 Å². The van der Waals surface area contributed by atoms with E-state index in [1.807, 2.05) is 7.05 Å². The van der Waals surface area contributed by atoms with Crippen LogP contribution in [0.1, 0.15) is 25.7 Å². The Hall–Kier alpha value is -1.27. The molecule has 1 aromatic rings. The second kappa shape index (κ2) is 5.74. The first-order chi connectivity index (χ1) is 10.8. The van der Waals surface area contributed by atoms with Crippen molar-refractivity contribution >= 4 is 23.2 Å². The van der Waals surface area contributed by atoms with E-state index >= 15 is 0 Å². The molecule has 0 unspecified atom stereocenters. The molecule has 0 spiro atoms. The first-order valence-electron chi connectivity index (χ1n) is 8.15. The summed E-state index contributed by atoms with van der Waals surface area (Å²) in [5.74, 6) is 2.58. The number of nitrogens with one attached hydrogen (secondary N) is 1. The summed E-state index contributed by atoms with van der Waals surface area (Å²) in [4.78, 5) is 13.6. The number of fused-ring (bicyclic) bond motifs is 3. The third-order valence-corrected chi connectivity index (χ3v) is 5.21. The highest BCUT2D eigenvalue weighted by Gasteiger charge is 2.35. The second-order valence-electron chi connectivity index (χ2n) is 6.32. The number of nitrogens with zero attached hydrogens (tertiary/aromatic N) is 4. The Balaban J connectivity index is 1.74. The molecule has 0 aromatic carbocycles. The number of ether oxygens (including phenoxy) is 1. The van der Waals surface area contributed by atoms with Crippen LogP contribution in [0, 0.1) is 0 Å². The Morgan fingerprint density at radius 1 is 1.18 bits per heavy atom. The van der Waals surface area contributed by atoms with Crippen LogP contribution in [-0.2, 0) is 0 Å². The molecule has 1 aromatic heterocycles. The Morgan fingerprint density at radius 3 is 2.86 bits per heavy atom. The van der Waals surface area contributed by atoms with E-state index in [-0.39, 0.29) is 0 Å². The number of hydrogen-bond donors (Lipinski definition) is 1. The fourth-order valence-corrected chi connectivity index (χ4v) is 4.00. The molecular formula is C15H22ClN5O. The van der Waals surface area contributed by atoms with Crippen LogP contribution < -0.4 is 19.9 Å². The summed E-state index contributed by atoms with van der Waals surface area (Å²) in [6, 6.07) is 1.03. The van der Waals surface area contributed by atoms with Crippen LogP contribution in [0.25, 0.3) is 0 Å². The van der Waals surface area contributed by atoms with Crippen molar-refractivity contribution in [3.63, 3.8) is 0 Å². The van der Waals surface area contributed by atoms with E-state index in [0.717, 1.165) is 56.5 Å². The minimum Gasteiger partial charge on any atom is -0.486 e. The van der Waals surface area contributed by atoms with E-state index < -0.39 is 0 Å². The smallest absolute Gasteiger partial charge is 0.226 e. The molecule has 7 heteroatoms. The van der Waals surface area contributed by atoms with Gasteiger partial charge in [-0.1, -0.05) is 0 Å². The molecule has 0 radical (unpaired) electrons. The van der Waals surface area contributed by atoms with Crippen LogP contribution in [0.2, 0.25) is 5.28 Å². The van der Waals surface area contributed by atoms with Gasteiger partial charge in [-0.2, -0.15) is 9.97 Å². The molecule has 0 aliphatic carbocycles. The van der Waals surface area contributed by atoms with Crippen LogP contribution in [0.5, 0.6) is 5.75 Å². The molecule has 2 saturated heterocycles. The Labute approximate surface area is 135 Å². The van der Waals surface area contributed by atoms with Gasteiger partial charge in [0.2, 0.25) is 11.0 Å². The average molecular weight is 324 g/mol. The molecule has 1 N–H and O–H groups in total. The monoisotopic (exact) mass is 323 g/mol. The van der Waals surface area contributed by atoms with Crippen molar-refractivity contribution in [1.29, 1.82) is 0 Å². The summed E-state index contributed by atoms with van der Waals surface area (Å²) in [5, 5.41) is 3.66. The molecule has 4 heterocycles. The van der Waals surface area contributed by atoms with Crippen LogP contribution >= 0.6 is 11.6 Å². The van der Waals surface area contributed by atoms with Gasteiger partial charge in [-0.25, -0.2) is 0 Å². The van der Waals surface area contributed by atoms with Crippen molar-refractivity contribution in [3.8, 4) is 5.75 Å². The molecule has 4 rings (SSSR count). The molecule has 0 bridgehead atoms. The third kappa shape index (κ3) is 2.38. The second-order valence-corrected chi connectivity index (χ2v) is 6.65. The summed E-state index contributed by atoms with van der Waals surface area (Å²) < 4.78 is 6.06. The maximum atomic E-state index is 6.23. The van der Waals surface area contributed by atoms with Gasteiger partial charge in [-0.15, -0.1) is 0 Å². The van der Waals surface area contributed by atoms with Gasteiger partial charge < -0.3 is 19.9 Å². The summed E-state index contributed by atoms with van der Waals surface area (Å²) in [6.45, 7) is 3.67. The van der Waals surface area contributed by atoms with Crippen molar-refractivity contribution in [2.24, 2.45) is 0 Å². The maximum Gasteiger partial charge on any atom is 0.226 e. The molecule has 3 aliphatic heterocycles. The largest absolute Gasteiger partial charge is 0.486 e. The molecule has 120 valence electrons. The predicted molar refractivity (Wildman–Crippen MR) is 87.2 cm³/mol. The topological polar surface area (TPSA) is 53.5 Å². The highest BCUT2D eigenvalue weighted by atomic mass is 35.5. The van der Waals surface area contributed by atoms with Crippen LogP contribution in [0.4, 0.5) is 11.6 Å². The molecule has 0 saturated carbocycles. The van der Waals surface area contributed by atoms with Crippen LogP contribution in [0.3, 0.4) is 0 Å². The van der Waals surface area contributed by atoms with Gasteiger partial charge in [0, 0.05) is 38.1 Å². The lowest BCUT2D eigenvalue weighted by atomic mass is 10.1. The van der Waals surface area contributed by atoms with Crippen molar-refractivity contribution in [3.05, 3.63) is 5.28 Å². The lowest BCUT2D eigenvalue weighted by Gasteiger charge is -2.26. The Kier molecular flexibility index (Phi) is 3.74. The minimum absolute atomic E-state index is 0.317. The first kappa shape index (κ1) is 14.3. The van der Waals surface area contributed by atoms with Gasteiger partial charge in [0.1, 0.15) is 0 Å². The van der Waals surface area contributed by atoms with Crippen molar-refractivity contribution in [2.75, 3.05) is 43.1 Å². The van der Waals surface area contributed by atoms with E-state index in [1.165, 1.54) is 12.8 Å². The highest BCUT2D eigenvalue weighted by Crippen LogP contribution is 2.42. The number of hydrogen-bond acceptors (Lipinski definition) is 6. The first-order valence-corrected chi connectivity index (χ1v) is 8.53. The third-order valence-electron chi connectivity index (χ3n) is 5.05. The summed E-state index contributed by atoms with van der Waals surface area (Å²) in [6.07, 6.45) is 4.59. The summed E-state index contributed by atoms with van der Waals surface area (Å²) in [5.41, 5.74) is 0. The van der Waals surface area contributed by atoms with E-state index in [1.54, 1.807) is 0 Å². The normalized spacial score (nSPS) is 27.4. The van der Waals surface area contributed by atoms with Gasteiger partial charge in [-0.05, 0) is 37.9 Å². The molecule has 22 heavy (non-hydrogen) atoms. The van der Waals surface area contributed by atoms with Gasteiger partial charge in [-0.3, -0.25) is 0 Å². The number of halogens is 1. The molecule has 6 nitrogen and oxygen atoms in total. The van der Waals surface area contributed by atoms with Crippen LogP contribution in [-0.4, -0.2) is 55.3 Å². The Bertz CT molecular complexity index is 569. The number of rotatable bonds is 2. The van der Waals surface area contributed by atoms with E-state index in [4.69, 9.17) is 16.3 Å². The SMILES string of the molecule is CN[C@@H]1CCN(c2nc(Cl)nc3c2OCC[C@@H]2CCCN32)C1. The zero-order chi connectivity index (χ0) is 15.1. The average Bonchev–Trinajstić information content (AvgIpc) is 3.14. The fraction of sp³-hybridized carbons (Fsp3) is 0.733. The predicted octanol–water partition coefficient (Wildman–Crippen LogP) is 1.68. The highest BCUT2D eigenvalue weighted by molar-refractivity contribution is 6.28. The van der Waals surface area contributed by atoms with E-state index in [9.17, 15) is 0 Å². The molecule has 0 amide bonds. The molecule has 2 fully saturated rings. The molecule has 3 aliphatic rings. The van der Waals surface area contributed by atoms with Gasteiger partial charge in [0.25, 0.3) is 0 Å². The Morgan fingerprint density at radius 2 is 2.05 bits per heavy atom. The number of aromatic nitrogens is 2. The maximum absolute atomic E-state index is 6.23.